The minimum atomic E-state index is 0.839. The van der Waals surface area contributed by atoms with Crippen molar-refractivity contribution in [3.8, 4) is 0 Å². The highest BCUT2D eigenvalue weighted by molar-refractivity contribution is 6.17. The van der Waals surface area contributed by atoms with Crippen LogP contribution in [0.5, 0.6) is 0 Å². The van der Waals surface area contributed by atoms with Gasteiger partial charge in [0.15, 0.2) is 0 Å². The fourth-order valence-corrected chi connectivity index (χ4v) is 2.61. The van der Waals surface area contributed by atoms with Gasteiger partial charge in [-0.05, 0) is 26.2 Å². The molecule has 0 atom stereocenters. The van der Waals surface area contributed by atoms with Gasteiger partial charge in [-0.15, -0.1) is 11.6 Å². The Labute approximate surface area is 127 Å². The second kappa shape index (κ2) is 18.0. The highest BCUT2D eigenvalue weighted by Gasteiger charge is 1.93. The highest BCUT2D eigenvalue weighted by atomic mass is 35.5. The molecule has 0 spiro atoms. The number of hydrogen-bond acceptors (Lipinski definition) is 0. The van der Waals surface area contributed by atoms with E-state index < -0.39 is 0 Å². The summed E-state index contributed by atoms with van der Waals surface area (Å²) in [6.07, 6.45) is 23.4. The third-order valence-electron chi connectivity index (χ3n) is 3.67. The lowest BCUT2D eigenvalue weighted by molar-refractivity contribution is 0.540. The Morgan fingerprint density at radius 1 is 0.579 bits per heavy atom. The minimum Gasteiger partial charge on any atom is -0.127 e. The third-order valence-corrected chi connectivity index (χ3v) is 3.94. The van der Waals surface area contributed by atoms with Crippen molar-refractivity contribution < 1.29 is 0 Å². The molecule has 0 nitrogen and oxygen atoms in total. The molecule has 0 amide bonds. The van der Waals surface area contributed by atoms with Gasteiger partial charge in [0.25, 0.3) is 0 Å². The molecule has 0 saturated carbocycles. The van der Waals surface area contributed by atoms with E-state index in [1.807, 2.05) is 6.08 Å². The van der Waals surface area contributed by atoms with Crippen molar-refractivity contribution in [2.24, 2.45) is 0 Å². The first-order valence-electron chi connectivity index (χ1n) is 8.42. The van der Waals surface area contributed by atoms with E-state index in [0.717, 1.165) is 5.88 Å². The standard InChI is InChI=1S/C18H34Cl/c1-2-3-4-5-6-7-8-9-10-11-12-13-14-15-16-17-18-19/h2-3H,1,4-18H2. The van der Waals surface area contributed by atoms with Crippen LogP contribution in [0.1, 0.15) is 89.9 Å². The van der Waals surface area contributed by atoms with Crippen LogP contribution in [0, 0.1) is 6.92 Å². The van der Waals surface area contributed by atoms with Gasteiger partial charge in [-0.3, -0.25) is 0 Å². The van der Waals surface area contributed by atoms with Gasteiger partial charge in [-0.25, -0.2) is 0 Å². The predicted octanol–water partition coefficient (Wildman–Crippen LogP) is 7.08. The molecule has 1 radical (unpaired) electrons. The van der Waals surface area contributed by atoms with E-state index in [1.165, 1.54) is 89.9 Å². The topological polar surface area (TPSA) is 0 Å². The van der Waals surface area contributed by atoms with Gasteiger partial charge in [0, 0.05) is 5.88 Å². The summed E-state index contributed by atoms with van der Waals surface area (Å²) >= 11 is 5.65. The molecule has 0 heterocycles. The average Bonchev–Trinajstić information content (AvgIpc) is 2.43. The highest BCUT2D eigenvalue weighted by Crippen LogP contribution is 2.13. The SMILES string of the molecule is [CH2]C=CCCCCCCCCCCCCCCCCl. The largest absolute Gasteiger partial charge is 0.127 e. The Kier molecular flexibility index (Phi) is 18.1. The fourth-order valence-electron chi connectivity index (χ4n) is 2.42. The zero-order valence-electron chi connectivity index (χ0n) is 12.8. The van der Waals surface area contributed by atoms with Gasteiger partial charge in [-0.2, -0.15) is 0 Å². The van der Waals surface area contributed by atoms with Crippen LogP contribution >= 0.6 is 11.6 Å². The Morgan fingerprint density at radius 2 is 0.947 bits per heavy atom. The van der Waals surface area contributed by atoms with Crippen LogP contribution in [0.25, 0.3) is 0 Å². The van der Waals surface area contributed by atoms with Gasteiger partial charge in [0.2, 0.25) is 0 Å². The molecule has 0 aromatic rings. The molecule has 0 unspecified atom stereocenters. The molecule has 0 aliphatic rings. The number of allylic oxidation sites excluding steroid dienone is 2. The Morgan fingerprint density at radius 3 is 1.32 bits per heavy atom. The first-order chi connectivity index (χ1) is 9.41. The van der Waals surface area contributed by atoms with Crippen LogP contribution in [0.3, 0.4) is 0 Å². The Hall–Kier alpha value is 0.0300. The maximum atomic E-state index is 5.65. The van der Waals surface area contributed by atoms with E-state index in [-0.39, 0.29) is 0 Å². The first-order valence-corrected chi connectivity index (χ1v) is 8.95. The third kappa shape index (κ3) is 18.0. The predicted molar refractivity (Wildman–Crippen MR) is 89.9 cm³/mol. The van der Waals surface area contributed by atoms with Crippen molar-refractivity contribution >= 4 is 11.6 Å². The van der Waals surface area contributed by atoms with E-state index >= 15 is 0 Å². The quantitative estimate of drug-likeness (QED) is 0.223. The van der Waals surface area contributed by atoms with Crippen LogP contribution < -0.4 is 0 Å². The number of hydrogen-bond donors (Lipinski definition) is 0. The van der Waals surface area contributed by atoms with Gasteiger partial charge >= 0.3 is 0 Å². The van der Waals surface area contributed by atoms with Gasteiger partial charge in [-0.1, -0.05) is 82.8 Å². The summed E-state index contributed by atoms with van der Waals surface area (Å²) in [5, 5.41) is 0. The fraction of sp³-hybridized carbons (Fsp3) is 0.833. The van der Waals surface area contributed by atoms with Crippen molar-refractivity contribution in [1.29, 1.82) is 0 Å². The molecule has 0 rings (SSSR count). The molecule has 0 fully saturated rings. The van der Waals surface area contributed by atoms with Crippen LogP contribution in [-0.4, -0.2) is 5.88 Å². The molecular weight excluding hydrogens is 252 g/mol. The summed E-state index contributed by atoms with van der Waals surface area (Å²) < 4.78 is 0. The van der Waals surface area contributed by atoms with Gasteiger partial charge < -0.3 is 0 Å². The van der Waals surface area contributed by atoms with Crippen molar-refractivity contribution in [2.75, 3.05) is 5.88 Å². The summed E-state index contributed by atoms with van der Waals surface area (Å²) in [6, 6.07) is 0. The molecule has 0 saturated heterocycles. The molecule has 0 N–H and O–H groups in total. The van der Waals surface area contributed by atoms with Crippen LogP contribution in [0.4, 0.5) is 0 Å². The van der Waals surface area contributed by atoms with Crippen molar-refractivity contribution in [3.63, 3.8) is 0 Å². The summed E-state index contributed by atoms with van der Waals surface area (Å²) in [5.41, 5.74) is 0. The minimum absolute atomic E-state index is 0.839. The number of alkyl halides is 1. The molecular formula is C18H34Cl. The Bertz CT molecular complexity index is 175. The molecule has 0 aliphatic carbocycles. The lowest BCUT2D eigenvalue weighted by atomic mass is 10.0. The zero-order chi connectivity index (χ0) is 14.0. The molecule has 113 valence electrons. The second-order valence-electron chi connectivity index (χ2n) is 5.55. The lowest BCUT2D eigenvalue weighted by Gasteiger charge is -2.02. The molecule has 0 aliphatic heterocycles. The zero-order valence-corrected chi connectivity index (χ0v) is 13.6. The second-order valence-corrected chi connectivity index (χ2v) is 5.92. The summed E-state index contributed by atoms with van der Waals surface area (Å²) in [4.78, 5) is 0. The van der Waals surface area contributed by atoms with E-state index in [1.54, 1.807) is 0 Å². The smallest absolute Gasteiger partial charge is 0.0223 e. The molecule has 0 bridgehead atoms. The van der Waals surface area contributed by atoms with Crippen molar-refractivity contribution in [1.82, 2.24) is 0 Å². The maximum Gasteiger partial charge on any atom is 0.0223 e. The number of halogens is 1. The van der Waals surface area contributed by atoms with E-state index in [4.69, 9.17) is 11.6 Å². The normalized spacial score (nSPS) is 11.5. The summed E-state index contributed by atoms with van der Waals surface area (Å²) in [7, 11) is 0. The van der Waals surface area contributed by atoms with Crippen molar-refractivity contribution in [2.45, 2.75) is 89.9 Å². The molecule has 1 heteroatoms. The summed E-state index contributed by atoms with van der Waals surface area (Å²) in [6.45, 7) is 3.70. The van der Waals surface area contributed by atoms with E-state index in [0.29, 0.717) is 0 Å². The van der Waals surface area contributed by atoms with Gasteiger partial charge in [0.1, 0.15) is 0 Å². The van der Waals surface area contributed by atoms with Crippen LogP contribution in [0.15, 0.2) is 12.2 Å². The maximum absolute atomic E-state index is 5.65. The first kappa shape index (κ1) is 19.0. The molecule has 0 aromatic heterocycles. The number of rotatable bonds is 15. The Balaban J connectivity index is 2.91. The van der Waals surface area contributed by atoms with Crippen LogP contribution in [0.2, 0.25) is 0 Å². The monoisotopic (exact) mass is 285 g/mol. The van der Waals surface area contributed by atoms with E-state index in [2.05, 4.69) is 13.0 Å². The molecule has 19 heavy (non-hydrogen) atoms. The lowest BCUT2D eigenvalue weighted by Crippen LogP contribution is -1.83. The average molecular weight is 286 g/mol. The van der Waals surface area contributed by atoms with Crippen LogP contribution in [-0.2, 0) is 0 Å². The molecule has 0 aromatic carbocycles. The van der Waals surface area contributed by atoms with E-state index in [9.17, 15) is 0 Å². The van der Waals surface area contributed by atoms with Gasteiger partial charge in [0.05, 0.1) is 0 Å². The van der Waals surface area contributed by atoms with Crippen molar-refractivity contribution in [3.05, 3.63) is 19.1 Å². The summed E-state index contributed by atoms with van der Waals surface area (Å²) in [5.74, 6) is 0.839. The number of unbranched alkanes of at least 4 members (excludes halogenated alkanes) is 13.